The number of hydrogen-bond acceptors (Lipinski definition) is 2. The van der Waals surface area contributed by atoms with E-state index < -0.39 is 0 Å². The summed E-state index contributed by atoms with van der Waals surface area (Å²) in [4.78, 5) is 27.3. The molecule has 4 heteroatoms. The highest BCUT2D eigenvalue weighted by Crippen LogP contribution is 2.28. The molecule has 0 aromatic heterocycles. The highest BCUT2D eigenvalue weighted by Gasteiger charge is 2.35. The van der Waals surface area contributed by atoms with Gasteiger partial charge in [-0.15, -0.1) is 0 Å². The molecule has 0 aliphatic carbocycles. The van der Waals surface area contributed by atoms with E-state index in [4.69, 9.17) is 0 Å². The zero-order chi connectivity index (χ0) is 21.6. The molecule has 0 saturated carbocycles. The maximum absolute atomic E-state index is 12.9. The van der Waals surface area contributed by atoms with Crippen molar-refractivity contribution in [2.75, 3.05) is 13.1 Å². The number of amides is 2. The van der Waals surface area contributed by atoms with Gasteiger partial charge in [-0.1, -0.05) is 81.4 Å². The van der Waals surface area contributed by atoms with Crippen LogP contribution in [0.15, 0.2) is 60.7 Å². The molecule has 1 atom stereocenters. The Bertz CT molecular complexity index is 788. The topological polar surface area (TPSA) is 49.4 Å². The van der Waals surface area contributed by atoms with Crippen LogP contribution in [0.5, 0.6) is 0 Å². The molecule has 2 aromatic carbocycles. The van der Waals surface area contributed by atoms with Crippen molar-refractivity contribution in [2.45, 2.75) is 58.4 Å². The Hall–Kier alpha value is -2.62. The summed E-state index contributed by atoms with van der Waals surface area (Å²) in [6.45, 7) is 7.45. The van der Waals surface area contributed by atoms with E-state index in [9.17, 15) is 9.59 Å². The molecular weight excluding hydrogens is 372 g/mol. The van der Waals surface area contributed by atoms with E-state index in [2.05, 4.69) is 74.6 Å². The molecule has 1 saturated heterocycles. The van der Waals surface area contributed by atoms with Crippen LogP contribution in [-0.4, -0.2) is 35.8 Å². The summed E-state index contributed by atoms with van der Waals surface area (Å²) in [5, 5.41) is 3.11. The number of nitrogens with zero attached hydrogens (tertiary/aromatic N) is 1. The summed E-state index contributed by atoms with van der Waals surface area (Å²) in [5.74, 6) is 0.302. The smallest absolute Gasteiger partial charge is 0.242 e. The minimum Gasteiger partial charge on any atom is -0.354 e. The number of hydrogen-bond donors (Lipinski definition) is 1. The van der Waals surface area contributed by atoms with Crippen LogP contribution < -0.4 is 5.32 Å². The molecule has 1 unspecified atom stereocenters. The van der Waals surface area contributed by atoms with E-state index in [0.29, 0.717) is 19.5 Å². The summed E-state index contributed by atoms with van der Waals surface area (Å²) in [6, 6.07) is 20.5. The molecule has 30 heavy (non-hydrogen) atoms. The molecule has 1 aliphatic heterocycles. The van der Waals surface area contributed by atoms with Gasteiger partial charge < -0.3 is 10.2 Å². The van der Waals surface area contributed by atoms with Gasteiger partial charge in [-0.05, 0) is 35.8 Å². The predicted octanol–water partition coefficient (Wildman–Crippen LogP) is 4.75. The normalized spacial score (nSPS) is 16.7. The van der Waals surface area contributed by atoms with E-state index in [1.165, 1.54) is 11.1 Å². The number of nitrogens with one attached hydrogen (secondary N) is 1. The van der Waals surface area contributed by atoms with Crippen molar-refractivity contribution in [1.82, 2.24) is 10.2 Å². The van der Waals surface area contributed by atoms with Gasteiger partial charge in [0.25, 0.3) is 0 Å². The van der Waals surface area contributed by atoms with Crippen LogP contribution in [0.25, 0.3) is 0 Å². The molecule has 1 N–H and O–H groups in total. The Morgan fingerprint density at radius 2 is 1.57 bits per heavy atom. The number of rotatable bonds is 7. The van der Waals surface area contributed by atoms with Crippen LogP contribution in [-0.2, 0) is 9.59 Å². The third-order valence-corrected chi connectivity index (χ3v) is 5.69. The first-order valence-corrected chi connectivity index (χ1v) is 11.0. The lowest BCUT2D eigenvalue weighted by atomic mass is 9.88. The number of carbonyl (C=O) groups excluding carboxylic acids is 2. The zero-order valence-corrected chi connectivity index (χ0v) is 18.4. The fraction of sp³-hybridized carbons (Fsp3) is 0.462. The minimum atomic E-state index is -0.327. The molecule has 2 aromatic rings. The second kappa shape index (κ2) is 9.92. The third kappa shape index (κ3) is 5.94. The van der Waals surface area contributed by atoms with Crippen molar-refractivity contribution in [1.29, 1.82) is 0 Å². The summed E-state index contributed by atoms with van der Waals surface area (Å²) >= 11 is 0. The van der Waals surface area contributed by atoms with Crippen LogP contribution >= 0.6 is 0 Å². The Morgan fingerprint density at radius 3 is 2.10 bits per heavy atom. The van der Waals surface area contributed by atoms with Gasteiger partial charge in [-0.3, -0.25) is 9.59 Å². The van der Waals surface area contributed by atoms with Gasteiger partial charge in [0, 0.05) is 25.4 Å². The van der Waals surface area contributed by atoms with E-state index in [1.54, 1.807) is 4.90 Å². The summed E-state index contributed by atoms with van der Waals surface area (Å²) in [6.07, 6.45) is 2.94. The molecule has 0 spiro atoms. The Labute approximate surface area is 180 Å². The highest BCUT2D eigenvalue weighted by atomic mass is 16.2. The van der Waals surface area contributed by atoms with Gasteiger partial charge in [-0.25, -0.2) is 0 Å². The summed E-state index contributed by atoms with van der Waals surface area (Å²) in [5.41, 5.74) is 2.43. The molecule has 1 heterocycles. The monoisotopic (exact) mass is 406 g/mol. The van der Waals surface area contributed by atoms with Gasteiger partial charge in [0.1, 0.15) is 6.04 Å². The Morgan fingerprint density at radius 1 is 1.00 bits per heavy atom. The lowest BCUT2D eigenvalue weighted by molar-refractivity contribution is -0.139. The average Bonchev–Trinajstić information content (AvgIpc) is 3.21. The largest absolute Gasteiger partial charge is 0.354 e. The molecule has 4 nitrogen and oxygen atoms in total. The highest BCUT2D eigenvalue weighted by molar-refractivity contribution is 5.88. The van der Waals surface area contributed by atoms with E-state index in [-0.39, 0.29) is 29.2 Å². The minimum absolute atomic E-state index is 0.0189. The van der Waals surface area contributed by atoms with E-state index in [0.717, 1.165) is 19.3 Å². The number of benzene rings is 2. The van der Waals surface area contributed by atoms with Gasteiger partial charge >= 0.3 is 0 Å². The van der Waals surface area contributed by atoms with Crippen molar-refractivity contribution >= 4 is 11.8 Å². The molecule has 3 rings (SSSR count). The van der Waals surface area contributed by atoms with Crippen LogP contribution in [0.1, 0.15) is 63.5 Å². The fourth-order valence-corrected chi connectivity index (χ4v) is 4.25. The molecule has 0 radical (unpaired) electrons. The van der Waals surface area contributed by atoms with Crippen molar-refractivity contribution in [2.24, 2.45) is 5.41 Å². The average molecular weight is 407 g/mol. The Kier molecular flexibility index (Phi) is 7.30. The van der Waals surface area contributed by atoms with Gasteiger partial charge in [0.15, 0.2) is 0 Å². The summed E-state index contributed by atoms with van der Waals surface area (Å²) in [7, 11) is 0. The Balaban J connectivity index is 1.61. The van der Waals surface area contributed by atoms with Crippen LogP contribution in [0.3, 0.4) is 0 Å². The van der Waals surface area contributed by atoms with E-state index >= 15 is 0 Å². The van der Waals surface area contributed by atoms with Gasteiger partial charge in [-0.2, -0.15) is 0 Å². The lowest BCUT2D eigenvalue weighted by Gasteiger charge is -2.27. The van der Waals surface area contributed by atoms with Gasteiger partial charge in [0.05, 0.1) is 0 Å². The number of carbonyl (C=O) groups is 2. The third-order valence-electron chi connectivity index (χ3n) is 5.69. The molecular formula is C26H34N2O2. The summed E-state index contributed by atoms with van der Waals surface area (Å²) < 4.78 is 0. The first-order valence-electron chi connectivity index (χ1n) is 11.0. The first-order chi connectivity index (χ1) is 14.3. The van der Waals surface area contributed by atoms with Crippen LogP contribution in [0.4, 0.5) is 0 Å². The molecule has 1 fully saturated rings. The quantitative estimate of drug-likeness (QED) is 0.721. The predicted molar refractivity (Wildman–Crippen MR) is 121 cm³/mol. The van der Waals surface area contributed by atoms with E-state index in [1.807, 2.05) is 12.1 Å². The van der Waals surface area contributed by atoms with Crippen LogP contribution in [0, 0.1) is 5.41 Å². The van der Waals surface area contributed by atoms with Crippen LogP contribution in [0.2, 0.25) is 0 Å². The fourth-order valence-electron chi connectivity index (χ4n) is 4.25. The first kappa shape index (κ1) is 22.1. The maximum atomic E-state index is 12.9. The lowest BCUT2D eigenvalue weighted by Crippen LogP contribution is -2.47. The standard InChI is InChI=1S/C26H34N2O2/c1-26(2,3)19-24(29)28-18-10-15-23(28)25(30)27-17-16-22(20-11-6-4-7-12-20)21-13-8-5-9-14-21/h4-9,11-14,22-23H,10,15-19H2,1-3H3,(H,27,30). The molecule has 0 bridgehead atoms. The number of likely N-dealkylation sites (tertiary alicyclic amines) is 1. The van der Waals surface area contributed by atoms with Gasteiger partial charge in [0.2, 0.25) is 11.8 Å². The molecule has 1 aliphatic rings. The second-order valence-corrected chi connectivity index (χ2v) is 9.44. The maximum Gasteiger partial charge on any atom is 0.242 e. The molecule has 2 amide bonds. The zero-order valence-electron chi connectivity index (χ0n) is 18.4. The van der Waals surface area contributed by atoms with Crippen molar-refractivity contribution in [3.05, 3.63) is 71.8 Å². The SMILES string of the molecule is CC(C)(C)CC(=O)N1CCCC1C(=O)NCCC(c1ccccc1)c1ccccc1. The second-order valence-electron chi connectivity index (χ2n) is 9.44. The van der Waals surface area contributed by atoms with Crippen molar-refractivity contribution in [3.8, 4) is 0 Å². The van der Waals surface area contributed by atoms with Crippen molar-refractivity contribution < 1.29 is 9.59 Å². The van der Waals surface area contributed by atoms with Crippen molar-refractivity contribution in [3.63, 3.8) is 0 Å². The molecule has 160 valence electrons.